The molecule has 0 radical (unpaired) electrons. The van der Waals surface area contributed by atoms with E-state index < -0.39 is 0 Å². The van der Waals surface area contributed by atoms with Crippen LogP contribution in [0.25, 0.3) is 0 Å². The molecule has 0 amide bonds. The third-order valence-electron chi connectivity index (χ3n) is 2.16. The molecule has 2 nitrogen and oxygen atoms in total. The lowest BCUT2D eigenvalue weighted by Crippen LogP contribution is -2.21. The Bertz CT molecular complexity index is 301. The molecule has 1 aromatic rings. The first-order valence-electron chi connectivity index (χ1n) is 3.97. The maximum absolute atomic E-state index is 9.24. The van der Waals surface area contributed by atoms with Gasteiger partial charge in [0.2, 0.25) is 0 Å². The Kier molecular flexibility index (Phi) is 2.07. The summed E-state index contributed by atoms with van der Waals surface area (Å²) < 4.78 is 2.08. The Labute approximate surface area is 80.2 Å². The predicted octanol–water partition coefficient (Wildman–Crippen LogP) is 2.06. The van der Waals surface area contributed by atoms with Crippen molar-refractivity contribution in [2.24, 2.45) is 0 Å². The first kappa shape index (κ1) is 8.08. The summed E-state index contributed by atoms with van der Waals surface area (Å²) in [5.74, 6) is 0.358. The van der Waals surface area contributed by atoms with Gasteiger partial charge in [-0.3, -0.25) is 0 Å². The molecule has 1 aliphatic heterocycles. The molecule has 64 valence electrons. The topological polar surface area (TPSA) is 23.5 Å². The van der Waals surface area contributed by atoms with E-state index in [2.05, 4.69) is 20.1 Å². The quantitative estimate of drug-likeness (QED) is 0.687. The maximum atomic E-state index is 9.24. The van der Waals surface area contributed by atoms with Gasteiger partial charge in [-0.25, -0.2) is 3.93 Å². The van der Waals surface area contributed by atoms with Gasteiger partial charge in [-0.1, -0.05) is 6.07 Å². The largest absolute Gasteiger partial charge is 0.508 e. The number of aromatic hydroxyl groups is 1. The fourth-order valence-electron chi connectivity index (χ4n) is 1.51. The average molecular weight is 228 g/mol. The molecule has 0 atom stereocenters. The number of nitrogens with zero attached hydrogens (tertiary/aromatic N) is 1. The Hall–Kier alpha value is -0.540. The van der Waals surface area contributed by atoms with E-state index in [-0.39, 0.29) is 0 Å². The summed E-state index contributed by atoms with van der Waals surface area (Å²) in [6, 6.07) is 5.59. The Morgan fingerprint density at radius 2 is 2.17 bits per heavy atom. The van der Waals surface area contributed by atoms with Gasteiger partial charge in [0.15, 0.2) is 0 Å². The zero-order chi connectivity index (χ0) is 8.55. The normalized spacial score (nSPS) is 17.4. The minimum absolute atomic E-state index is 0.358. The van der Waals surface area contributed by atoms with Crippen LogP contribution in [0.2, 0.25) is 0 Å². The van der Waals surface area contributed by atoms with Gasteiger partial charge in [0.1, 0.15) is 5.75 Å². The molecule has 0 aliphatic carbocycles. The highest BCUT2D eigenvalue weighted by Gasteiger charge is 2.13. The third-order valence-corrected chi connectivity index (χ3v) is 2.76. The van der Waals surface area contributed by atoms with Crippen LogP contribution in [0.4, 0.5) is 0 Å². The summed E-state index contributed by atoms with van der Waals surface area (Å²) in [4.78, 5) is 0. The SMILES string of the molecule is Oc1ccc2c(c1)CN(Br)CC2. The molecule has 2 rings (SSSR count). The van der Waals surface area contributed by atoms with E-state index in [4.69, 9.17) is 0 Å². The molecular formula is C9H10BrNO. The van der Waals surface area contributed by atoms with Crippen molar-refractivity contribution in [2.45, 2.75) is 13.0 Å². The molecule has 0 aromatic heterocycles. The van der Waals surface area contributed by atoms with E-state index >= 15 is 0 Å². The Morgan fingerprint density at radius 3 is 3.00 bits per heavy atom. The average Bonchev–Trinajstić information content (AvgIpc) is 2.03. The van der Waals surface area contributed by atoms with Crippen molar-refractivity contribution >= 4 is 16.1 Å². The highest BCUT2D eigenvalue weighted by molar-refractivity contribution is 9.07. The van der Waals surface area contributed by atoms with Gasteiger partial charge >= 0.3 is 0 Å². The fourth-order valence-corrected chi connectivity index (χ4v) is 1.96. The van der Waals surface area contributed by atoms with Gasteiger partial charge in [-0.05, 0) is 29.7 Å². The molecule has 1 heterocycles. The highest BCUT2D eigenvalue weighted by Crippen LogP contribution is 2.24. The van der Waals surface area contributed by atoms with E-state index in [1.807, 2.05) is 12.1 Å². The van der Waals surface area contributed by atoms with Gasteiger partial charge in [0.25, 0.3) is 0 Å². The molecule has 0 spiro atoms. The molecular weight excluding hydrogens is 218 g/mol. The first-order chi connectivity index (χ1) is 5.75. The molecule has 12 heavy (non-hydrogen) atoms. The number of benzene rings is 1. The third kappa shape index (κ3) is 1.47. The monoisotopic (exact) mass is 227 g/mol. The second kappa shape index (κ2) is 3.07. The standard InChI is InChI=1S/C9H10BrNO/c10-11-4-3-7-1-2-9(12)5-8(7)6-11/h1-2,5,12H,3-4,6H2. The van der Waals surface area contributed by atoms with E-state index in [9.17, 15) is 5.11 Å². The molecule has 0 fully saturated rings. The summed E-state index contributed by atoms with van der Waals surface area (Å²) in [6.45, 7) is 1.92. The molecule has 3 heteroatoms. The van der Waals surface area contributed by atoms with E-state index in [1.165, 1.54) is 11.1 Å². The van der Waals surface area contributed by atoms with E-state index in [0.29, 0.717) is 5.75 Å². The van der Waals surface area contributed by atoms with Crippen LogP contribution in [0.15, 0.2) is 18.2 Å². The van der Waals surface area contributed by atoms with Crippen molar-refractivity contribution in [3.63, 3.8) is 0 Å². The fraction of sp³-hybridized carbons (Fsp3) is 0.333. The number of rotatable bonds is 0. The van der Waals surface area contributed by atoms with Gasteiger partial charge in [0, 0.05) is 29.2 Å². The molecule has 0 saturated heterocycles. The first-order valence-corrected chi connectivity index (χ1v) is 4.68. The van der Waals surface area contributed by atoms with Gasteiger partial charge in [0.05, 0.1) is 0 Å². The van der Waals surface area contributed by atoms with Crippen molar-refractivity contribution in [1.82, 2.24) is 3.93 Å². The second-order valence-electron chi connectivity index (χ2n) is 3.05. The number of fused-ring (bicyclic) bond motifs is 1. The Morgan fingerprint density at radius 1 is 1.33 bits per heavy atom. The minimum atomic E-state index is 0.358. The zero-order valence-electron chi connectivity index (χ0n) is 6.63. The molecule has 0 unspecified atom stereocenters. The van der Waals surface area contributed by atoms with Crippen molar-refractivity contribution in [3.05, 3.63) is 29.3 Å². The number of halogens is 1. The van der Waals surface area contributed by atoms with Gasteiger partial charge in [-0.15, -0.1) is 0 Å². The Balaban J connectivity index is 2.37. The van der Waals surface area contributed by atoms with Crippen molar-refractivity contribution in [1.29, 1.82) is 0 Å². The van der Waals surface area contributed by atoms with Gasteiger partial charge < -0.3 is 5.11 Å². The summed E-state index contributed by atoms with van der Waals surface area (Å²) in [6.07, 6.45) is 1.06. The minimum Gasteiger partial charge on any atom is -0.508 e. The lowest BCUT2D eigenvalue weighted by atomic mass is 10.0. The smallest absolute Gasteiger partial charge is 0.115 e. The van der Waals surface area contributed by atoms with Crippen LogP contribution < -0.4 is 0 Å². The lowest BCUT2D eigenvalue weighted by Gasteiger charge is -2.22. The number of phenols is 1. The van der Waals surface area contributed by atoms with Crippen molar-refractivity contribution < 1.29 is 5.11 Å². The van der Waals surface area contributed by atoms with Crippen molar-refractivity contribution in [2.75, 3.05) is 6.54 Å². The molecule has 0 bridgehead atoms. The van der Waals surface area contributed by atoms with Crippen LogP contribution in [0, 0.1) is 0 Å². The van der Waals surface area contributed by atoms with E-state index in [1.54, 1.807) is 6.07 Å². The van der Waals surface area contributed by atoms with Crippen molar-refractivity contribution in [3.8, 4) is 5.75 Å². The predicted molar refractivity (Wildman–Crippen MR) is 51.1 cm³/mol. The lowest BCUT2D eigenvalue weighted by molar-refractivity contribution is 0.448. The number of hydrogen-bond donors (Lipinski definition) is 1. The molecule has 1 N–H and O–H groups in total. The van der Waals surface area contributed by atoms with Crippen LogP contribution in [0.3, 0.4) is 0 Å². The summed E-state index contributed by atoms with van der Waals surface area (Å²) in [5, 5.41) is 9.24. The highest BCUT2D eigenvalue weighted by atomic mass is 79.9. The number of hydrogen-bond acceptors (Lipinski definition) is 2. The number of phenolic OH excluding ortho intramolecular Hbond substituents is 1. The van der Waals surface area contributed by atoms with Crippen LogP contribution in [-0.2, 0) is 13.0 Å². The summed E-state index contributed by atoms with van der Waals surface area (Å²) in [5.41, 5.74) is 2.57. The molecule has 0 saturated carbocycles. The summed E-state index contributed by atoms with van der Waals surface area (Å²) in [7, 11) is 0. The van der Waals surface area contributed by atoms with Crippen LogP contribution in [0.1, 0.15) is 11.1 Å². The van der Waals surface area contributed by atoms with Gasteiger partial charge in [-0.2, -0.15) is 0 Å². The summed E-state index contributed by atoms with van der Waals surface area (Å²) >= 11 is 3.43. The molecule has 1 aromatic carbocycles. The zero-order valence-corrected chi connectivity index (χ0v) is 8.21. The maximum Gasteiger partial charge on any atom is 0.115 e. The molecule has 1 aliphatic rings. The van der Waals surface area contributed by atoms with Crippen LogP contribution >= 0.6 is 16.1 Å². The van der Waals surface area contributed by atoms with Crippen LogP contribution in [-0.4, -0.2) is 15.6 Å². The van der Waals surface area contributed by atoms with Crippen LogP contribution in [0.5, 0.6) is 5.75 Å². The second-order valence-corrected chi connectivity index (χ2v) is 4.05. The van der Waals surface area contributed by atoms with E-state index in [0.717, 1.165) is 19.5 Å².